The minimum atomic E-state index is -2.06. The lowest BCUT2D eigenvalue weighted by Crippen LogP contribution is -2.92. The van der Waals surface area contributed by atoms with Crippen molar-refractivity contribution >= 4 is 0 Å². The Morgan fingerprint density at radius 2 is 0.789 bits per heavy atom. The van der Waals surface area contributed by atoms with E-state index in [0.717, 1.165) is 0 Å². The van der Waals surface area contributed by atoms with Gasteiger partial charge in [-0.05, 0) is 34.5 Å². The number of ether oxygens (including phenoxy) is 4. The zero-order valence-electron chi connectivity index (χ0n) is 26.7. The molecule has 38 heavy (non-hydrogen) atoms. The van der Waals surface area contributed by atoms with Gasteiger partial charge < -0.3 is 18.9 Å². The Balaban J connectivity index is 5.11. The fourth-order valence-corrected chi connectivity index (χ4v) is 9.37. The topological polar surface area (TPSA) is 123 Å². The molecule has 0 aliphatic heterocycles. The first-order chi connectivity index (χ1) is 17.0. The fraction of sp³-hybridized carbons (Fsp3) is 1.00. The largest absolute Gasteiger partial charge is 0.347 e. The molecule has 0 spiro atoms. The zero-order valence-corrected chi connectivity index (χ0v) is 26.7. The summed E-state index contributed by atoms with van der Waals surface area (Å²) in [5.41, 5.74) is -7.12. The van der Waals surface area contributed by atoms with Crippen molar-refractivity contribution in [1.29, 1.82) is 0 Å². The van der Waals surface area contributed by atoms with E-state index >= 15 is 0 Å². The first-order valence-corrected chi connectivity index (χ1v) is 13.5. The second kappa shape index (κ2) is 10.2. The van der Waals surface area contributed by atoms with Crippen LogP contribution < -0.4 is 0 Å². The molecule has 1 aliphatic rings. The predicted molar refractivity (Wildman–Crippen MR) is 147 cm³/mol. The Hall–Kier alpha value is -1.36. The van der Waals surface area contributed by atoms with Crippen LogP contribution in [0.2, 0.25) is 0 Å². The first-order valence-electron chi connectivity index (χ1n) is 13.5. The summed E-state index contributed by atoms with van der Waals surface area (Å²) in [5, 5.41) is 27.4. The van der Waals surface area contributed by atoms with E-state index in [0.29, 0.717) is 12.8 Å². The monoisotopic (exact) mass is 546 g/mol. The molecule has 224 valence electrons. The third kappa shape index (κ3) is 3.72. The van der Waals surface area contributed by atoms with Gasteiger partial charge in [0.05, 0.1) is 0 Å². The molecule has 1 aliphatic carbocycles. The van der Waals surface area contributed by atoms with Crippen LogP contribution in [0.25, 0.3) is 0 Å². The predicted octanol–water partition coefficient (Wildman–Crippen LogP) is 6.21. The molecule has 4 unspecified atom stereocenters. The van der Waals surface area contributed by atoms with Crippen LogP contribution in [0.5, 0.6) is 0 Å². The summed E-state index contributed by atoms with van der Waals surface area (Å²) in [6.07, 6.45) is 0.882. The molecule has 0 aromatic rings. The molecule has 1 rings (SSSR count). The van der Waals surface area contributed by atoms with Crippen molar-refractivity contribution in [3.63, 3.8) is 0 Å². The van der Waals surface area contributed by atoms with E-state index < -0.39 is 56.1 Å². The second-order valence-electron chi connectivity index (χ2n) is 14.1. The average molecular weight is 547 g/mol. The molecule has 0 bridgehead atoms. The number of hydrogen-bond acceptors (Lipinski definition) is 8. The van der Waals surface area contributed by atoms with Crippen molar-refractivity contribution in [3.05, 3.63) is 20.2 Å². The van der Waals surface area contributed by atoms with Crippen molar-refractivity contribution in [2.24, 2.45) is 32.5 Å². The number of rotatable bonds is 10. The van der Waals surface area contributed by atoms with Crippen LogP contribution in [0.3, 0.4) is 0 Å². The molecule has 0 radical (unpaired) electrons. The molecular weight excluding hydrogens is 492 g/mol. The second-order valence-corrected chi connectivity index (χ2v) is 14.1. The van der Waals surface area contributed by atoms with Crippen molar-refractivity contribution in [1.82, 2.24) is 0 Å². The standard InChI is InChI=1S/C28H54N2O8/c1-17-23(9,10)25(21(3,4)5)19(29(31)32)28(37-15,38-16)26(22(6,7)8,24(11,12)18-2)20(30(33)34)27(25,35-13)36-14/h19-20H,17-18H2,1-16H3. The molecule has 0 amide bonds. The molecule has 0 aromatic carbocycles. The van der Waals surface area contributed by atoms with Gasteiger partial charge in [-0.1, -0.05) is 83.1 Å². The molecule has 4 atom stereocenters. The van der Waals surface area contributed by atoms with Gasteiger partial charge in [-0.2, -0.15) is 0 Å². The molecular formula is C28H54N2O8. The van der Waals surface area contributed by atoms with Crippen LogP contribution in [-0.4, -0.2) is 61.9 Å². The lowest BCUT2D eigenvalue weighted by Gasteiger charge is -2.74. The van der Waals surface area contributed by atoms with Crippen molar-refractivity contribution < 1.29 is 28.8 Å². The molecule has 1 saturated carbocycles. The van der Waals surface area contributed by atoms with Crippen molar-refractivity contribution in [2.75, 3.05) is 28.4 Å². The van der Waals surface area contributed by atoms with Crippen LogP contribution in [0.4, 0.5) is 0 Å². The fourth-order valence-electron chi connectivity index (χ4n) is 9.37. The van der Waals surface area contributed by atoms with Gasteiger partial charge in [0.2, 0.25) is 0 Å². The molecule has 0 aromatic heterocycles. The number of hydrogen-bond donors (Lipinski definition) is 0. The third-order valence-corrected chi connectivity index (χ3v) is 10.5. The SMILES string of the molecule is CCC(C)(C)C1(C(C)(C)C)C([N+](=O)[O-])C(OC)(OC)C(C(C)(C)C)(C(C)(C)CC)C([N+](=O)[O-])C1(OC)OC. The molecule has 0 heterocycles. The molecule has 0 N–H and O–H groups in total. The van der Waals surface area contributed by atoms with E-state index in [1.807, 2.05) is 83.1 Å². The van der Waals surface area contributed by atoms with Crippen LogP contribution in [0, 0.1) is 52.7 Å². The number of nitrogens with zero attached hydrogens (tertiary/aromatic N) is 2. The summed E-state index contributed by atoms with van der Waals surface area (Å²) in [6, 6.07) is -3.28. The van der Waals surface area contributed by atoms with E-state index in [-0.39, 0.29) is 9.85 Å². The van der Waals surface area contributed by atoms with Crippen molar-refractivity contribution in [2.45, 2.75) is 120 Å². The summed E-state index contributed by atoms with van der Waals surface area (Å²) in [4.78, 5) is 26.7. The third-order valence-electron chi connectivity index (χ3n) is 10.5. The molecule has 0 saturated heterocycles. The zero-order chi connectivity index (χ0) is 30.6. The van der Waals surface area contributed by atoms with E-state index in [1.54, 1.807) is 0 Å². The maximum absolute atomic E-state index is 13.7. The maximum atomic E-state index is 13.7. The highest BCUT2D eigenvalue weighted by Gasteiger charge is 2.95. The quantitative estimate of drug-likeness (QED) is 0.180. The van der Waals surface area contributed by atoms with E-state index in [4.69, 9.17) is 18.9 Å². The summed E-state index contributed by atoms with van der Waals surface area (Å²) in [5.74, 6) is -4.13. The van der Waals surface area contributed by atoms with Gasteiger partial charge in [0.25, 0.3) is 23.7 Å². The van der Waals surface area contributed by atoms with Gasteiger partial charge in [-0.25, -0.2) is 0 Å². The first kappa shape index (κ1) is 34.7. The van der Waals surface area contributed by atoms with Crippen LogP contribution in [0.15, 0.2) is 0 Å². The van der Waals surface area contributed by atoms with Crippen molar-refractivity contribution in [3.8, 4) is 0 Å². The minimum Gasteiger partial charge on any atom is -0.347 e. The highest BCUT2D eigenvalue weighted by molar-refractivity contribution is 5.31. The Labute approximate surface area is 229 Å². The minimum absolute atomic E-state index is 0.370. The van der Waals surface area contributed by atoms with Gasteiger partial charge in [0.15, 0.2) is 0 Å². The van der Waals surface area contributed by atoms with Gasteiger partial charge >= 0.3 is 0 Å². The summed E-state index contributed by atoms with van der Waals surface area (Å²) in [7, 11) is 5.45. The lowest BCUT2D eigenvalue weighted by atomic mass is 9.32. The van der Waals surface area contributed by atoms with E-state index in [2.05, 4.69) is 0 Å². The highest BCUT2D eigenvalue weighted by atomic mass is 16.7. The normalized spacial score (nSPS) is 30.2. The van der Waals surface area contributed by atoms with Gasteiger partial charge in [0.1, 0.15) is 10.8 Å². The van der Waals surface area contributed by atoms with Crippen LogP contribution >= 0.6 is 0 Å². The molecule has 10 heteroatoms. The Morgan fingerprint density at radius 3 is 0.895 bits per heavy atom. The van der Waals surface area contributed by atoms with Gasteiger partial charge in [-0.3, -0.25) is 20.2 Å². The van der Waals surface area contributed by atoms with Crippen LogP contribution in [-0.2, 0) is 18.9 Å². The maximum Gasteiger partial charge on any atom is 0.278 e. The molecule has 1 fully saturated rings. The molecule has 10 nitrogen and oxygen atoms in total. The number of methoxy groups -OCH3 is 4. The number of nitro groups is 2. The Morgan fingerprint density at radius 1 is 0.579 bits per heavy atom. The van der Waals surface area contributed by atoms with Gasteiger partial charge in [0, 0.05) is 38.3 Å². The van der Waals surface area contributed by atoms with E-state index in [1.165, 1.54) is 28.4 Å². The lowest BCUT2D eigenvalue weighted by molar-refractivity contribution is -0.698. The summed E-state index contributed by atoms with van der Waals surface area (Å²) >= 11 is 0. The Bertz CT molecular complexity index is 808. The summed E-state index contributed by atoms with van der Waals surface area (Å²) < 4.78 is 25.2. The van der Waals surface area contributed by atoms with E-state index in [9.17, 15) is 20.2 Å². The summed E-state index contributed by atoms with van der Waals surface area (Å²) in [6.45, 7) is 22.6. The Kier molecular flexibility index (Phi) is 9.34. The van der Waals surface area contributed by atoms with Crippen LogP contribution in [0.1, 0.15) is 95.9 Å². The highest BCUT2D eigenvalue weighted by Crippen LogP contribution is 2.78. The average Bonchev–Trinajstić information content (AvgIpc) is 2.79. The van der Waals surface area contributed by atoms with Gasteiger partial charge in [-0.15, -0.1) is 0 Å². The smallest absolute Gasteiger partial charge is 0.278 e.